The van der Waals surface area contributed by atoms with Gasteiger partial charge in [-0.1, -0.05) is 37.1 Å². The first kappa shape index (κ1) is 14.6. The lowest BCUT2D eigenvalue weighted by Gasteiger charge is -2.13. The van der Waals surface area contributed by atoms with Gasteiger partial charge in [-0.2, -0.15) is 0 Å². The number of halogens is 1. The topological polar surface area (TPSA) is 12.0 Å². The second kappa shape index (κ2) is 6.56. The number of benzene rings is 1. The average Bonchev–Trinajstić information content (AvgIpc) is 2.88. The third-order valence-corrected chi connectivity index (χ3v) is 4.78. The predicted octanol–water partition coefficient (Wildman–Crippen LogP) is 5.44. The third kappa shape index (κ3) is 3.38. The van der Waals surface area contributed by atoms with Gasteiger partial charge in [-0.05, 0) is 44.2 Å². The van der Waals surface area contributed by atoms with Gasteiger partial charge in [-0.3, -0.25) is 0 Å². The molecule has 102 valence electrons. The van der Waals surface area contributed by atoms with Crippen LogP contribution in [0.5, 0.6) is 0 Å². The van der Waals surface area contributed by atoms with Crippen LogP contribution in [-0.2, 0) is 0 Å². The van der Waals surface area contributed by atoms with E-state index >= 15 is 0 Å². The van der Waals surface area contributed by atoms with Crippen LogP contribution in [0.4, 0.5) is 0 Å². The van der Waals surface area contributed by atoms with Crippen LogP contribution in [0.2, 0.25) is 5.02 Å². The SMILES string of the molecule is CCNC(CC)c1ccc(-c2cc(C)ccc2Cl)s1. The minimum absolute atomic E-state index is 0.451. The van der Waals surface area contributed by atoms with Crippen molar-refractivity contribution in [2.24, 2.45) is 0 Å². The number of hydrogen-bond acceptors (Lipinski definition) is 2. The molecular formula is C16H20ClNS. The van der Waals surface area contributed by atoms with Crippen molar-refractivity contribution in [3.8, 4) is 10.4 Å². The molecule has 0 aliphatic rings. The van der Waals surface area contributed by atoms with Gasteiger partial charge in [0.15, 0.2) is 0 Å². The number of thiophene rings is 1. The number of aryl methyl sites for hydroxylation is 1. The molecule has 1 aromatic carbocycles. The van der Waals surface area contributed by atoms with Crippen molar-refractivity contribution < 1.29 is 0 Å². The van der Waals surface area contributed by atoms with Gasteiger partial charge in [0, 0.05) is 26.4 Å². The Labute approximate surface area is 124 Å². The van der Waals surface area contributed by atoms with E-state index in [1.54, 1.807) is 0 Å². The highest BCUT2D eigenvalue weighted by Gasteiger charge is 2.13. The molecule has 1 aromatic heterocycles. The van der Waals surface area contributed by atoms with Crippen molar-refractivity contribution in [1.29, 1.82) is 0 Å². The quantitative estimate of drug-likeness (QED) is 0.774. The van der Waals surface area contributed by atoms with Gasteiger partial charge in [0.1, 0.15) is 0 Å². The summed E-state index contributed by atoms with van der Waals surface area (Å²) in [5, 5.41) is 4.35. The maximum absolute atomic E-state index is 6.31. The van der Waals surface area contributed by atoms with Gasteiger partial charge in [0.2, 0.25) is 0 Å². The van der Waals surface area contributed by atoms with Crippen molar-refractivity contribution in [1.82, 2.24) is 5.32 Å². The number of hydrogen-bond donors (Lipinski definition) is 1. The monoisotopic (exact) mass is 293 g/mol. The Kier molecular flexibility index (Phi) is 5.03. The summed E-state index contributed by atoms with van der Waals surface area (Å²) in [5.41, 5.74) is 2.39. The second-order valence-electron chi connectivity index (χ2n) is 4.70. The molecule has 2 rings (SSSR count). The first-order valence-corrected chi connectivity index (χ1v) is 7.94. The summed E-state index contributed by atoms with van der Waals surface area (Å²) >= 11 is 8.14. The molecule has 1 heterocycles. The molecule has 0 saturated carbocycles. The Morgan fingerprint density at radius 2 is 2.00 bits per heavy atom. The van der Waals surface area contributed by atoms with Crippen LogP contribution in [-0.4, -0.2) is 6.54 Å². The van der Waals surface area contributed by atoms with Gasteiger partial charge < -0.3 is 5.32 Å². The molecule has 0 saturated heterocycles. The minimum Gasteiger partial charge on any atom is -0.310 e. The first-order chi connectivity index (χ1) is 9.15. The van der Waals surface area contributed by atoms with Crippen LogP contribution >= 0.6 is 22.9 Å². The van der Waals surface area contributed by atoms with Gasteiger partial charge in [-0.25, -0.2) is 0 Å². The van der Waals surface area contributed by atoms with Crippen LogP contribution < -0.4 is 5.32 Å². The lowest BCUT2D eigenvalue weighted by Crippen LogP contribution is -2.18. The van der Waals surface area contributed by atoms with E-state index < -0.39 is 0 Å². The molecule has 1 unspecified atom stereocenters. The molecule has 1 atom stereocenters. The highest BCUT2D eigenvalue weighted by atomic mass is 35.5. The summed E-state index contributed by atoms with van der Waals surface area (Å²) in [6, 6.07) is 11.0. The van der Waals surface area contributed by atoms with Crippen LogP contribution in [0, 0.1) is 6.92 Å². The Balaban J connectivity index is 2.32. The van der Waals surface area contributed by atoms with E-state index in [9.17, 15) is 0 Å². The maximum atomic E-state index is 6.31. The highest BCUT2D eigenvalue weighted by Crippen LogP contribution is 2.36. The fraction of sp³-hybridized carbons (Fsp3) is 0.375. The Morgan fingerprint density at radius 3 is 2.68 bits per heavy atom. The lowest BCUT2D eigenvalue weighted by molar-refractivity contribution is 0.545. The molecule has 0 spiro atoms. The van der Waals surface area contributed by atoms with E-state index in [1.165, 1.54) is 15.3 Å². The normalized spacial score (nSPS) is 12.6. The Bertz CT molecular complexity index is 547. The van der Waals surface area contributed by atoms with E-state index in [1.807, 2.05) is 23.5 Å². The summed E-state index contributed by atoms with van der Waals surface area (Å²) in [4.78, 5) is 2.64. The molecule has 3 heteroatoms. The molecule has 0 aliphatic carbocycles. The van der Waals surface area contributed by atoms with E-state index in [4.69, 9.17) is 11.6 Å². The van der Waals surface area contributed by atoms with Crippen molar-refractivity contribution in [2.75, 3.05) is 6.54 Å². The fourth-order valence-corrected chi connectivity index (χ4v) is 3.68. The molecule has 0 bridgehead atoms. The van der Waals surface area contributed by atoms with Crippen LogP contribution in [0.1, 0.15) is 36.8 Å². The van der Waals surface area contributed by atoms with Crippen LogP contribution in [0.15, 0.2) is 30.3 Å². The standard InChI is InChI=1S/C16H20ClNS/c1-4-14(18-5-2)16-9-8-15(19-16)12-10-11(3)6-7-13(12)17/h6-10,14,18H,4-5H2,1-3H3. The number of nitrogens with one attached hydrogen (secondary N) is 1. The Hall–Kier alpha value is -0.830. The smallest absolute Gasteiger partial charge is 0.0492 e. The lowest BCUT2D eigenvalue weighted by atomic mass is 10.1. The van der Waals surface area contributed by atoms with Crippen molar-refractivity contribution in [3.63, 3.8) is 0 Å². The van der Waals surface area contributed by atoms with Gasteiger partial charge in [0.25, 0.3) is 0 Å². The molecular weight excluding hydrogens is 274 g/mol. The first-order valence-electron chi connectivity index (χ1n) is 6.75. The van der Waals surface area contributed by atoms with Crippen molar-refractivity contribution in [2.45, 2.75) is 33.2 Å². The molecule has 19 heavy (non-hydrogen) atoms. The largest absolute Gasteiger partial charge is 0.310 e. The number of rotatable bonds is 5. The molecule has 1 N–H and O–H groups in total. The highest BCUT2D eigenvalue weighted by molar-refractivity contribution is 7.15. The second-order valence-corrected chi connectivity index (χ2v) is 6.23. The van der Waals surface area contributed by atoms with Crippen LogP contribution in [0.25, 0.3) is 10.4 Å². The van der Waals surface area contributed by atoms with Gasteiger partial charge in [0.05, 0.1) is 0 Å². The zero-order valence-electron chi connectivity index (χ0n) is 11.7. The van der Waals surface area contributed by atoms with E-state index in [0.29, 0.717) is 6.04 Å². The maximum Gasteiger partial charge on any atom is 0.0492 e. The molecule has 0 fully saturated rings. The van der Waals surface area contributed by atoms with Crippen LogP contribution in [0.3, 0.4) is 0 Å². The van der Waals surface area contributed by atoms with E-state index in [2.05, 4.69) is 44.3 Å². The molecule has 1 nitrogen and oxygen atoms in total. The van der Waals surface area contributed by atoms with Crippen molar-refractivity contribution in [3.05, 3.63) is 45.8 Å². The molecule has 2 aromatic rings. The van der Waals surface area contributed by atoms with Crippen molar-refractivity contribution >= 4 is 22.9 Å². The van der Waals surface area contributed by atoms with E-state index in [0.717, 1.165) is 23.6 Å². The summed E-state index contributed by atoms with van der Waals surface area (Å²) in [6.07, 6.45) is 1.11. The predicted molar refractivity (Wildman–Crippen MR) is 86.2 cm³/mol. The fourth-order valence-electron chi connectivity index (χ4n) is 2.21. The Morgan fingerprint density at radius 1 is 1.21 bits per heavy atom. The summed E-state index contributed by atoms with van der Waals surface area (Å²) < 4.78 is 0. The molecule has 0 aliphatic heterocycles. The van der Waals surface area contributed by atoms with E-state index in [-0.39, 0.29) is 0 Å². The summed E-state index contributed by atoms with van der Waals surface area (Å²) in [6.45, 7) is 7.46. The zero-order chi connectivity index (χ0) is 13.8. The van der Waals surface area contributed by atoms with Gasteiger partial charge in [-0.15, -0.1) is 11.3 Å². The third-order valence-electron chi connectivity index (χ3n) is 3.22. The summed E-state index contributed by atoms with van der Waals surface area (Å²) in [5.74, 6) is 0. The zero-order valence-corrected chi connectivity index (χ0v) is 13.2. The summed E-state index contributed by atoms with van der Waals surface area (Å²) in [7, 11) is 0. The molecule has 0 radical (unpaired) electrons. The minimum atomic E-state index is 0.451. The van der Waals surface area contributed by atoms with Gasteiger partial charge >= 0.3 is 0 Å². The average molecular weight is 294 g/mol. The molecule has 0 amide bonds.